The Balaban J connectivity index is 3.20. The Labute approximate surface area is 118 Å². The van der Waals surface area contributed by atoms with Gasteiger partial charge in [0.25, 0.3) is 0 Å². The third-order valence-electron chi connectivity index (χ3n) is 3.54. The van der Waals surface area contributed by atoms with Crippen molar-refractivity contribution in [2.45, 2.75) is 27.7 Å². The lowest BCUT2D eigenvalue weighted by Gasteiger charge is -2.26. The molecule has 0 saturated heterocycles. The minimum atomic E-state index is 1.03. The lowest BCUT2D eigenvalue weighted by Crippen LogP contribution is -2.48. The Morgan fingerprint density at radius 2 is 1.47 bits per heavy atom. The van der Waals surface area contributed by atoms with E-state index in [1.807, 2.05) is 0 Å². The fourth-order valence-electron chi connectivity index (χ4n) is 2.40. The fraction of sp³-hybridized carbons (Fsp3) is 0.562. The highest BCUT2D eigenvalue weighted by atomic mass is 15.4. The summed E-state index contributed by atoms with van der Waals surface area (Å²) in [5, 5.41) is 0. The standard InChI is InChI=1S/C16H28N3/c1-6-18(7-2)16(19(8-3)9-4)17(5)15-13-11-10-12-14-15/h10-14H,6-9H2,1-5H3/q+1. The minimum Gasteiger partial charge on any atom is -0.265 e. The van der Waals surface area contributed by atoms with Crippen LogP contribution in [-0.2, 0) is 0 Å². The van der Waals surface area contributed by atoms with E-state index >= 15 is 0 Å². The zero-order valence-electron chi connectivity index (χ0n) is 13.1. The molecule has 0 N–H and O–H groups in total. The molecule has 0 fully saturated rings. The summed E-state index contributed by atoms with van der Waals surface area (Å²) >= 11 is 0. The molecule has 0 aliphatic rings. The van der Waals surface area contributed by atoms with Gasteiger partial charge in [0.2, 0.25) is 0 Å². The van der Waals surface area contributed by atoms with Crippen LogP contribution < -0.4 is 4.90 Å². The molecule has 0 aliphatic carbocycles. The molecule has 1 rings (SSSR count). The number of anilines is 1. The van der Waals surface area contributed by atoms with Gasteiger partial charge in [-0.25, -0.2) is 4.90 Å². The van der Waals surface area contributed by atoms with Crippen LogP contribution in [0.3, 0.4) is 0 Å². The van der Waals surface area contributed by atoms with E-state index in [-0.39, 0.29) is 0 Å². The summed E-state index contributed by atoms with van der Waals surface area (Å²) in [7, 11) is 2.15. The lowest BCUT2D eigenvalue weighted by molar-refractivity contribution is -0.526. The van der Waals surface area contributed by atoms with Crippen molar-refractivity contribution in [3.05, 3.63) is 30.3 Å². The van der Waals surface area contributed by atoms with E-state index in [4.69, 9.17) is 0 Å². The predicted octanol–water partition coefficient (Wildman–Crippen LogP) is 2.87. The van der Waals surface area contributed by atoms with E-state index < -0.39 is 0 Å². The van der Waals surface area contributed by atoms with Crippen LogP contribution in [0.1, 0.15) is 27.7 Å². The normalized spacial score (nSPS) is 10.2. The first kappa shape index (κ1) is 15.5. The molecule has 0 bridgehead atoms. The first-order valence-electron chi connectivity index (χ1n) is 7.35. The fourth-order valence-corrected chi connectivity index (χ4v) is 2.40. The zero-order chi connectivity index (χ0) is 14.3. The van der Waals surface area contributed by atoms with E-state index in [1.54, 1.807) is 0 Å². The van der Waals surface area contributed by atoms with Crippen molar-refractivity contribution in [2.75, 3.05) is 38.1 Å². The van der Waals surface area contributed by atoms with Crippen LogP contribution in [-0.4, -0.2) is 48.7 Å². The maximum atomic E-state index is 2.42. The Hall–Kier alpha value is -1.51. The van der Waals surface area contributed by atoms with Crippen LogP contribution >= 0.6 is 0 Å². The smallest absolute Gasteiger partial charge is 0.265 e. The van der Waals surface area contributed by atoms with Crippen molar-refractivity contribution in [2.24, 2.45) is 0 Å². The summed E-state index contributed by atoms with van der Waals surface area (Å²) in [4.78, 5) is 4.71. The van der Waals surface area contributed by atoms with Crippen LogP contribution in [0.5, 0.6) is 0 Å². The Kier molecular flexibility index (Phi) is 6.40. The molecule has 0 saturated carbocycles. The van der Waals surface area contributed by atoms with Gasteiger partial charge in [-0.15, -0.1) is 0 Å². The van der Waals surface area contributed by atoms with Crippen LogP contribution in [0.2, 0.25) is 0 Å². The van der Waals surface area contributed by atoms with E-state index in [0.717, 1.165) is 26.2 Å². The molecule has 19 heavy (non-hydrogen) atoms. The Morgan fingerprint density at radius 3 is 1.89 bits per heavy atom. The maximum absolute atomic E-state index is 2.42. The van der Waals surface area contributed by atoms with Gasteiger partial charge in [0.15, 0.2) is 0 Å². The van der Waals surface area contributed by atoms with Gasteiger partial charge >= 0.3 is 5.96 Å². The molecule has 3 nitrogen and oxygen atoms in total. The number of guanidine groups is 1. The van der Waals surface area contributed by atoms with Gasteiger partial charge in [0.1, 0.15) is 5.69 Å². The molecule has 0 aliphatic heterocycles. The van der Waals surface area contributed by atoms with Gasteiger partial charge < -0.3 is 0 Å². The Bertz CT molecular complexity index is 388. The quantitative estimate of drug-likeness (QED) is 0.458. The molecule has 3 heteroatoms. The molecule has 0 atom stereocenters. The van der Waals surface area contributed by atoms with Crippen LogP contribution in [0, 0.1) is 0 Å². The van der Waals surface area contributed by atoms with Crippen molar-refractivity contribution in [3.8, 4) is 0 Å². The second-order valence-electron chi connectivity index (χ2n) is 4.54. The summed E-state index contributed by atoms with van der Waals surface area (Å²) in [5.74, 6) is 1.29. The predicted molar refractivity (Wildman–Crippen MR) is 84.1 cm³/mol. The third kappa shape index (κ3) is 3.72. The highest BCUT2D eigenvalue weighted by Crippen LogP contribution is 2.13. The molecular weight excluding hydrogens is 234 g/mol. The van der Waals surface area contributed by atoms with Crippen LogP contribution in [0.15, 0.2) is 30.3 Å². The monoisotopic (exact) mass is 262 g/mol. The Morgan fingerprint density at radius 1 is 0.947 bits per heavy atom. The molecule has 1 aromatic carbocycles. The molecule has 0 amide bonds. The van der Waals surface area contributed by atoms with E-state index in [9.17, 15) is 0 Å². The molecule has 0 radical (unpaired) electrons. The van der Waals surface area contributed by atoms with Gasteiger partial charge in [0.05, 0.1) is 33.2 Å². The largest absolute Gasteiger partial charge is 0.355 e. The molecule has 106 valence electrons. The van der Waals surface area contributed by atoms with Crippen molar-refractivity contribution < 1.29 is 4.58 Å². The summed E-state index contributed by atoms with van der Waals surface area (Å²) in [6.45, 7) is 13.0. The molecule has 0 heterocycles. The average molecular weight is 262 g/mol. The highest BCUT2D eigenvalue weighted by molar-refractivity contribution is 5.92. The summed E-state index contributed by atoms with van der Waals surface area (Å²) < 4.78 is 2.42. The van der Waals surface area contributed by atoms with Gasteiger partial charge in [0, 0.05) is 0 Å². The minimum absolute atomic E-state index is 1.03. The van der Waals surface area contributed by atoms with Gasteiger partial charge in [-0.05, 0) is 39.8 Å². The molecule has 0 spiro atoms. The zero-order valence-corrected chi connectivity index (χ0v) is 13.1. The SMILES string of the molecule is CCN(CC)C(N(C)c1ccccc1)=[N+](CC)CC. The first-order chi connectivity index (χ1) is 9.19. The van der Waals surface area contributed by atoms with Crippen molar-refractivity contribution in [1.29, 1.82) is 0 Å². The number of para-hydroxylation sites is 1. The van der Waals surface area contributed by atoms with Gasteiger partial charge in [-0.2, -0.15) is 0 Å². The first-order valence-corrected chi connectivity index (χ1v) is 7.35. The summed E-state index contributed by atoms with van der Waals surface area (Å²) in [5.41, 5.74) is 1.23. The number of benzene rings is 1. The van der Waals surface area contributed by atoms with Crippen molar-refractivity contribution in [1.82, 2.24) is 4.90 Å². The summed E-state index contributed by atoms with van der Waals surface area (Å²) in [6.07, 6.45) is 0. The van der Waals surface area contributed by atoms with Crippen LogP contribution in [0.25, 0.3) is 0 Å². The third-order valence-corrected chi connectivity index (χ3v) is 3.54. The molecule has 1 aromatic rings. The van der Waals surface area contributed by atoms with Crippen molar-refractivity contribution >= 4 is 11.6 Å². The van der Waals surface area contributed by atoms with E-state index in [0.29, 0.717) is 0 Å². The number of hydrogen-bond acceptors (Lipinski definition) is 0. The second kappa shape index (κ2) is 7.82. The maximum Gasteiger partial charge on any atom is 0.355 e. The van der Waals surface area contributed by atoms with Crippen LogP contribution in [0.4, 0.5) is 5.69 Å². The lowest BCUT2D eigenvalue weighted by atomic mass is 10.3. The molecule has 0 unspecified atom stereocenters. The van der Waals surface area contributed by atoms with Gasteiger partial charge in [-0.3, -0.25) is 9.48 Å². The second-order valence-corrected chi connectivity index (χ2v) is 4.54. The number of hydrogen-bond donors (Lipinski definition) is 0. The average Bonchev–Trinajstić information content (AvgIpc) is 2.48. The van der Waals surface area contributed by atoms with E-state index in [2.05, 4.69) is 79.4 Å². The topological polar surface area (TPSA) is 9.49 Å². The highest BCUT2D eigenvalue weighted by Gasteiger charge is 2.24. The van der Waals surface area contributed by atoms with Crippen molar-refractivity contribution in [3.63, 3.8) is 0 Å². The summed E-state index contributed by atoms with van der Waals surface area (Å²) in [6, 6.07) is 10.6. The number of nitrogens with zero attached hydrogens (tertiary/aromatic N) is 3. The van der Waals surface area contributed by atoms with Gasteiger partial charge in [-0.1, -0.05) is 18.2 Å². The molecule has 0 aromatic heterocycles. The van der Waals surface area contributed by atoms with E-state index in [1.165, 1.54) is 11.6 Å². The number of rotatable bonds is 5. The molecular formula is C16H28N3+.